The molecule has 0 spiro atoms. The number of amides is 1. The average molecular weight is 473 g/mol. The molecule has 0 aliphatic heterocycles. The molecular formula is C27H28N4O4. The molecule has 0 bridgehead atoms. The van der Waals surface area contributed by atoms with Gasteiger partial charge in [0.05, 0.1) is 6.61 Å². The Bertz CT molecular complexity index is 1280. The molecule has 0 fully saturated rings. The van der Waals surface area contributed by atoms with E-state index in [0.717, 1.165) is 11.1 Å². The lowest BCUT2D eigenvalue weighted by Crippen LogP contribution is -2.12. The number of pyridine rings is 1. The van der Waals surface area contributed by atoms with Crippen LogP contribution in [0.5, 0.6) is 11.5 Å². The fraction of sp³-hybridized carbons (Fsp3) is 0.259. The summed E-state index contributed by atoms with van der Waals surface area (Å²) >= 11 is 0. The maximum absolute atomic E-state index is 12.9. The van der Waals surface area contributed by atoms with Crippen molar-refractivity contribution in [2.45, 2.75) is 39.7 Å². The van der Waals surface area contributed by atoms with Crippen molar-refractivity contribution in [2.75, 3.05) is 11.9 Å². The quantitative estimate of drug-likeness (QED) is 0.353. The van der Waals surface area contributed by atoms with E-state index in [1.165, 1.54) is 0 Å². The molecule has 8 heteroatoms. The van der Waals surface area contributed by atoms with Crippen LogP contribution >= 0.6 is 0 Å². The van der Waals surface area contributed by atoms with E-state index in [1.807, 2.05) is 52.0 Å². The molecule has 1 amide bonds. The molecule has 35 heavy (non-hydrogen) atoms. The molecule has 1 N–H and O–H groups in total. The molecular weight excluding hydrogens is 444 g/mol. The van der Waals surface area contributed by atoms with Gasteiger partial charge < -0.3 is 19.3 Å². The molecule has 2 aromatic heterocycles. The Kier molecular flexibility index (Phi) is 7.10. The van der Waals surface area contributed by atoms with Crippen molar-refractivity contribution in [3.05, 3.63) is 84.0 Å². The smallest absolute Gasteiger partial charge is 0.255 e. The number of anilines is 1. The zero-order valence-electron chi connectivity index (χ0n) is 20.2. The summed E-state index contributed by atoms with van der Waals surface area (Å²) in [5.74, 6) is 1.89. The second kappa shape index (κ2) is 10.4. The minimum absolute atomic E-state index is 0.223. The summed E-state index contributed by atoms with van der Waals surface area (Å²) in [5.41, 5.74) is 2.62. The van der Waals surface area contributed by atoms with Crippen molar-refractivity contribution >= 4 is 11.6 Å². The van der Waals surface area contributed by atoms with Gasteiger partial charge in [-0.2, -0.15) is 4.98 Å². The van der Waals surface area contributed by atoms with E-state index in [-0.39, 0.29) is 11.3 Å². The van der Waals surface area contributed by atoms with Crippen LogP contribution in [0.25, 0.3) is 11.4 Å². The van der Waals surface area contributed by atoms with E-state index in [4.69, 9.17) is 14.0 Å². The minimum Gasteiger partial charge on any atom is -0.490 e. The molecule has 0 saturated heterocycles. The molecule has 0 saturated carbocycles. The molecule has 0 aliphatic rings. The number of carbonyl (C=O) groups is 1. The highest BCUT2D eigenvalue weighted by atomic mass is 16.5. The standard InChI is InChI=1S/C27H28N4O4/c1-5-33-23-15-20(10-13-22(23)34-17-18-7-6-14-28-16-18)25(32)29-21-11-8-19(9-12-21)24-30-26(35-31-24)27(2,3)4/h6-16H,5,17H2,1-4H3,(H,29,32). The predicted octanol–water partition coefficient (Wildman–Crippen LogP) is 5.66. The van der Waals surface area contributed by atoms with Gasteiger partial charge in [0, 0.05) is 40.2 Å². The van der Waals surface area contributed by atoms with E-state index in [0.29, 0.717) is 47.7 Å². The zero-order chi connectivity index (χ0) is 24.8. The van der Waals surface area contributed by atoms with Crippen LogP contribution in [0.1, 0.15) is 49.5 Å². The number of nitrogens with one attached hydrogen (secondary N) is 1. The molecule has 4 aromatic rings. The number of carbonyl (C=O) groups excluding carboxylic acids is 1. The van der Waals surface area contributed by atoms with Gasteiger partial charge in [-0.05, 0) is 55.5 Å². The fourth-order valence-corrected chi connectivity index (χ4v) is 3.23. The summed E-state index contributed by atoms with van der Waals surface area (Å²) in [4.78, 5) is 21.4. The number of ether oxygens (including phenoxy) is 2. The van der Waals surface area contributed by atoms with Crippen LogP contribution in [0.4, 0.5) is 5.69 Å². The Hall–Kier alpha value is -4.20. The van der Waals surface area contributed by atoms with Crippen molar-refractivity contribution in [3.63, 3.8) is 0 Å². The van der Waals surface area contributed by atoms with Gasteiger partial charge in [0.25, 0.3) is 5.91 Å². The number of hydrogen-bond acceptors (Lipinski definition) is 7. The predicted molar refractivity (Wildman–Crippen MR) is 133 cm³/mol. The molecule has 2 heterocycles. The van der Waals surface area contributed by atoms with Gasteiger partial charge in [-0.1, -0.05) is 32.0 Å². The summed E-state index contributed by atoms with van der Waals surface area (Å²) < 4.78 is 17.0. The lowest BCUT2D eigenvalue weighted by Gasteiger charge is -2.13. The van der Waals surface area contributed by atoms with E-state index in [1.54, 1.807) is 42.7 Å². The molecule has 0 atom stereocenters. The van der Waals surface area contributed by atoms with Gasteiger partial charge in [0.15, 0.2) is 11.5 Å². The average Bonchev–Trinajstić information content (AvgIpc) is 3.36. The van der Waals surface area contributed by atoms with Crippen molar-refractivity contribution < 1.29 is 18.8 Å². The Balaban J connectivity index is 1.44. The van der Waals surface area contributed by atoms with Crippen LogP contribution in [-0.2, 0) is 12.0 Å². The van der Waals surface area contributed by atoms with Gasteiger partial charge in [-0.3, -0.25) is 9.78 Å². The third-order valence-corrected chi connectivity index (χ3v) is 5.09. The maximum Gasteiger partial charge on any atom is 0.255 e. The maximum atomic E-state index is 12.9. The summed E-state index contributed by atoms with van der Waals surface area (Å²) in [7, 11) is 0. The molecule has 0 unspecified atom stereocenters. The van der Waals surface area contributed by atoms with Crippen LogP contribution in [0, 0.1) is 0 Å². The second-order valence-electron chi connectivity index (χ2n) is 8.95. The van der Waals surface area contributed by atoms with Gasteiger partial charge in [0.2, 0.25) is 11.7 Å². The number of aromatic nitrogens is 3. The Morgan fingerprint density at radius 1 is 1.03 bits per heavy atom. The first-order valence-corrected chi connectivity index (χ1v) is 11.4. The zero-order valence-corrected chi connectivity index (χ0v) is 20.2. The SMILES string of the molecule is CCOc1cc(C(=O)Nc2ccc(-c3noc(C(C)(C)C)n3)cc2)ccc1OCc1cccnc1. The topological polar surface area (TPSA) is 99.4 Å². The molecule has 0 aliphatic carbocycles. The Morgan fingerprint density at radius 2 is 1.83 bits per heavy atom. The Morgan fingerprint density at radius 3 is 2.49 bits per heavy atom. The molecule has 4 rings (SSSR count). The molecule has 2 aromatic carbocycles. The summed E-state index contributed by atoms with van der Waals surface area (Å²) in [5, 5.41) is 6.96. The lowest BCUT2D eigenvalue weighted by atomic mass is 9.97. The van der Waals surface area contributed by atoms with Crippen molar-refractivity contribution in [1.29, 1.82) is 0 Å². The first kappa shape index (κ1) is 23.9. The summed E-state index contributed by atoms with van der Waals surface area (Å²) in [6.45, 7) is 8.72. The Labute approximate surface area is 204 Å². The number of benzene rings is 2. The van der Waals surface area contributed by atoms with E-state index >= 15 is 0 Å². The highest BCUT2D eigenvalue weighted by molar-refractivity contribution is 6.04. The second-order valence-corrected chi connectivity index (χ2v) is 8.95. The highest BCUT2D eigenvalue weighted by Crippen LogP contribution is 2.30. The van der Waals surface area contributed by atoms with Crippen LogP contribution in [0.3, 0.4) is 0 Å². The van der Waals surface area contributed by atoms with Gasteiger partial charge in [0.1, 0.15) is 6.61 Å². The van der Waals surface area contributed by atoms with Gasteiger partial charge in [-0.25, -0.2) is 0 Å². The van der Waals surface area contributed by atoms with Crippen LogP contribution < -0.4 is 14.8 Å². The molecule has 180 valence electrons. The molecule has 0 radical (unpaired) electrons. The highest BCUT2D eigenvalue weighted by Gasteiger charge is 2.22. The number of nitrogens with zero attached hydrogens (tertiary/aromatic N) is 3. The van der Waals surface area contributed by atoms with E-state index in [2.05, 4.69) is 20.4 Å². The van der Waals surface area contributed by atoms with E-state index in [9.17, 15) is 4.79 Å². The third-order valence-electron chi connectivity index (χ3n) is 5.09. The van der Waals surface area contributed by atoms with Crippen molar-refractivity contribution in [2.24, 2.45) is 0 Å². The van der Waals surface area contributed by atoms with Crippen molar-refractivity contribution in [1.82, 2.24) is 15.1 Å². The molecule has 8 nitrogen and oxygen atoms in total. The summed E-state index contributed by atoms with van der Waals surface area (Å²) in [6.07, 6.45) is 3.46. The van der Waals surface area contributed by atoms with Crippen LogP contribution in [0.2, 0.25) is 0 Å². The third kappa shape index (κ3) is 6.03. The lowest BCUT2D eigenvalue weighted by molar-refractivity contribution is 0.102. The fourth-order valence-electron chi connectivity index (χ4n) is 3.23. The first-order valence-electron chi connectivity index (χ1n) is 11.4. The largest absolute Gasteiger partial charge is 0.490 e. The van der Waals surface area contributed by atoms with E-state index < -0.39 is 0 Å². The minimum atomic E-state index is -0.257. The summed E-state index contributed by atoms with van der Waals surface area (Å²) in [6, 6.07) is 16.2. The van der Waals surface area contributed by atoms with Gasteiger partial charge in [-0.15, -0.1) is 0 Å². The van der Waals surface area contributed by atoms with Gasteiger partial charge >= 0.3 is 0 Å². The number of hydrogen-bond donors (Lipinski definition) is 1. The van der Waals surface area contributed by atoms with Crippen LogP contribution in [0.15, 0.2) is 71.5 Å². The normalized spacial score (nSPS) is 11.2. The first-order chi connectivity index (χ1) is 16.8. The van der Waals surface area contributed by atoms with Crippen LogP contribution in [-0.4, -0.2) is 27.6 Å². The number of rotatable bonds is 8. The van der Waals surface area contributed by atoms with Crippen molar-refractivity contribution in [3.8, 4) is 22.9 Å². The monoisotopic (exact) mass is 472 g/mol.